The normalized spacial score (nSPS) is 14.0. The minimum absolute atomic E-state index is 0.123. The number of nitrogens with two attached hydrogens (primary N) is 1. The minimum Gasteiger partial charge on any atom is -0.491 e. The Hall–Kier alpha value is -2.69. The highest BCUT2D eigenvalue weighted by Gasteiger charge is 2.18. The molecule has 0 aromatic heterocycles. The largest absolute Gasteiger partial charge is 0.491 e. The van der Waals surface area contributed by atoms with Gasteiger partial charge in [-0.2, -0.15) is 0 Å². The Labute approximate surface area is 122 Å². The maximum atomic E-state index is 11.0. The topological polar surface area (TPSA) is 75.8 Å². The molecule has 1 aliphatic heterocycles. The summed E-state index contributed by atoms with van der Waals surface area (Å²) < 4.78 is 5.73. The van der Waals surface area contributed by atoms with Gasteiger partial charge in [-0.05, 0) is 36.8 Å². The zero-order valence-electron chi connectivity index (χ0n) is 11.5. The Morgan fingerprint density at radius 1 is 1.24 bits per heavy atom. The van der Waals surface area contributed by atoms with Gasteiger partial charge in [0, 0.05) is 17.9 Å². The van der Waals surface area contributed by atoms with E-state index in [9.17, 15) is 4.79 Å². The van der Waals surface area contributed by atoms with Crippen molar-refractivity contribution < 1.29 is 14.6 Å². The molecule has 0 atom stereocenters. The van der Waals surface area contributed by atoms with E-state index >= 15 is 0 Å². The van der Waals surface area contributed by atoms with Gasteiger partial charge in [0.1, 0.15) is 5.75 Å². The van der Waals surface area contributed by atoms with Crippen molar-refractivity contribution in [2.45, 2.75) is 6.42 Å². The molecular formula is C16H16N2O3. The van der Waals surface area contributed by atoms with Crippen molar-refractivity contribution in [1.29, 1.82) is 0 Å². The Morgan fingerprint density at radius 2 is 2.05 bits per heavy atom. The van der Waals surface area contributed by atoms with E-state index in [1.54, 1.807) is 18.2 Å². The van der Waals surface area contributed by atoms with Crippen LogP contribution < -0.4 is 15.4 Å². The molecule has 0 fully saturated rings. The molecule has 0 amide bonds. The van der Waals surface area contributed by atoms with Gasteiger partial charge in [-0.1, -0.05) is 12.1 Å². The third kappa shape index (κ3) is 2.50. The maximum Gasteiger partial charge on any atom is 0.337 e. The number of aromatic carboxylic acids is 1. The summed E-state index contributed by atoms with van der Waals surface area (Å²) >= 11 is 0. The lowest BCUT2D eigenvalue weighted by molar-refractivity contribution is 0.0698. The van der Waals surface area contributed by atoms with E-state index in [0.717, 1.165) is 30.1 Å². The van der Waals surface area contributed by atoms with Crippen molar-refractivity contribution in [3.05, 3.63) is 48.0 Å². The van der Waals surface area contributed by atoms with Gasteiger partial charge < -0.3 is 20.5 Å². The van der Waals surface area contributed by atoms with Gasteiger partial charge >= 0.3 is 5.97 Å². The Morgan fingerprint density at radius 3 is 2.81 bits per heavy atom. The molecule has 108 valence electrons. The molecule has 3 rings (SSSR count). The molecule has 0 saturated carbocycles. The van der Waals surface area contributed by atoms with Crippen LogP contribution in [0.5, 0.6) is 5.75 Å². The van der Waals surface area contributed by atoms with Crippen LogP contribution >= 0.6 is 0 Å². The first kappa shape index (κ1) is 13.3. The molecule has 0 saturated heterocycles. The lowest BCUT2D eigenvalue weighted by Gasteiger charge is -2.24. The highest BCUT2D eigenvalue weighted by Crippen LogP contribution is 2.36. The molecule has 1 heterocycles. The fourth-order valence-electron chi connectivity index (χ4n) is 2.51. The summed E-state index contributed by atoms with van der Waals surface area (Å²) in [4.78, 5) is 13.2. The number of rotatable bonds is 2. The van der Waals surface area contributed by atoms with Crippen LogP contribution in [0.3, 0.4) is 0 Å². The van der Waals surface area contributed by atoms with Crippen molar-refractivity contribution >= 4 is 23.0 Å². The summed E-state index contributed by atoms with van der Waals surface area (Å²) in [7, 11) is 0. The van der Waals surface area contributed by atoms with Crippen LogP contribution in [0.2, 0.25) is 0 Å². The number of fused-ring (bicyclic) bond motifs is 1. The molecule has 0 aliphatic carbocycles. The standard InChI is InChI=1S/C16H16N2O3/c17-13-10-11(6-7-12(13)16(19)20)18-8-3-9-21-15-5-2-1-4-14(15)18/h1-2,4-7,10H,3,8-9,17H2,(H,19,20). The van der Waals surface area contributed by atoms with Gasteiger partial charge in [0.05, 0.1) is 17.9 Å². The Kier molecular flexibility index (Phi) is 3.39. The molecule has 21 heavy (non-hydrogen) atoms. The molecule has 2 aromatic rings. The Balaban J connectivity index is 2.04. The number of ether oxygens (including phenoxy) is 1. The van der Waals surface area contributed by atoms with Crippen molar-refractivity contribution in [2.75, 3.05) is 23.8 Å². The van der Waals surface area contributed by atoms with E-state index in [4.69, 9.17) is 15.6 Å². The van der Waals surface area contributed by atoms with Crippen LogP contribution in [0.1, 0.15) is 16.8 Å². The number of hydrogen-bond donors (Lipinski definition) is 2. The average molecular weight is 284 g/mol. The van der Waals surface area contributed by atoms with Crippen molar-refractivity contribution in [3.8, 4) is 5.75 Å². The van der Waals surface area contributed by atoms with E-state index in [1.165, 1.54) is 0 Å². The number of carboxylic acid groups (broad SMARTS) is 1. The van der Waals surface area contributed by atoms with E-state index in [1.807, 2.05) is 24.3 Å². The van der Waals surface area contributed by atoms with E-state index in [2.05, 4.69) is 4.90 Å². The van der Waals surface area contributed by atoms with Crippen LogP contribution in [0, 0.1) is 0 Å². The van der Waals surface area contributed by atoms with Gasteiger partial charge in [0.15, 0.2) is 0 Å². The second-order valence-corrected chi connectivity index (χ2v) is 4.90. The van der Waals surface area contributed by atoms with Gasteiger partial charge in [-0.3, -0.25) is 0 Å². The molecule has 2 aromatic carbocycles. The summed E-state index contributed by atoms with van der Waals surface area (Å²) in [5.41, 5.74) is 8.08. The molecule has 5 nitrogen and oxygen atoms in total. The summed E-state index contributed by atoms with van der Waals surface area (Å²) in [5.74, 6) is -0.186. The average Bonchev–Trinajstić information content (AvgIpc) is 2.69. The van der Waals surface area contributed by atoms with Crippen molar-refractivity contribution in [3.63, 3.8) is 0 Å². The lowest BCUT2D eigenvalue weighted by Crippen LogP contribution is -2.18. The first-order chi connectivity index (χ1) is 10.2. The van der Waals surface area contributed by atoms with Crippen LogP contribution in [0.4, 0.5) is 17.1 Å². The van der Waals surface area contributed by atoms with Gasteiger partial charge in [0.25, 0.3) is 0 Å². The minimum atomic E-state index is -1.02. The van der Waals surface area contributed by atoms with Crippen LogP contribution in [0.15, 0.2) is 42.5 Å². The second-order valence-electron chi connectivity index (χ2n) is 4.90. The second kappa shape index (κ2) is 5.36. The third-order valence-corrected chi connectivity index (χ3v) is 3.52. The third-order valence-electron chi connectivity index (χ3n) is 3.52. The van der Waals surface area contributed by atoms with E-state index in [0.29, 0.717) is 6.61 Å². The highest BCUT2D eigenvalue weighted by molar-refractivity contribution is 5.94. The SMILES string of the molecule is Nc1cc(N2CCCOc3ccccc32)ccc1C(=O)O. The number of nitrogen functional groups attached to an aromatic ring is 1. The summed E-state index contributed by atoms with van der Waals surface area (Å²) in [6.07, 6.45) is 0.884. The molecule has 5 heteroatoms. The summed E-state index contributed by atoms with van der Waals surface area (Å²) in [6, 6.07) is 12.8. The van der Waals surface area contributed by atoms with E-state index in [-0.39, 0.29) is 11.3 Å². The first-order valence-electron chi connectivity index (χ1n) is 6.79. The fourth-order valence-corrected chi connectivity index (χ4v) is 2.51. The lowest BCUT2D eigenvalue weighted by atomic mass is 10.1. The van der Waals surface area contributed by atoms with Crippen LogP contribution in [-0.4, -0.2) is 24.2 Å². The molecule has 0 unspecified atom stereocenters. The number of carboxylic acids is 1. The van der Waals surface area contributed by atoms with Gasteiger partial charge in [0.2, 0.25) is 0 Å². The summed E-state index contributed by atoms with van der Waals surface area (Å²) in [6.45, 7) is 1.46. The Bertz CT molecular complexity index is 685. The van der Waals surface area contributed by atoms with Crippen molar-refractivity contribution in [2.24, 2.45) is 0 Å². The number of hydrogen-bond acceptors (Lipinski definition) is 4. The quantitative estimate of drug-likeness (QED) is 0.829. The smallest absolute Gasteiger partial charge is 0.337 e. The number of anilines is 3. The van der Waals surface area contributed by atoms with Gasteiger partial charge in [-0.25, -0.2) is 4.79 Å². The molecule has 0 radical (unpaired) electrons. The molecule has 1 aliphatic rings. The predicted molar refractivity (Wildman–Crippen MR) is 81.4 cm³/mol. The first-order valence-corrected chi connectivity index (χ1v) is 6.79. The molecular weight excluding hydrogens is 268 g/mol. The fraction of sp³-hybridized carbons (Fsp3) is 0.188. The monoisotopic (exact) mass is 284 g/mol. The molecule has 0 spiro atoms. The summed E-state index contributed by atoms with van der Waals surface area (Å²) in [5, 5.41) is 9.06. The predicted octanol–water partition coefficient (Wildman–Crippen LogP) is 2.89. The van der Waals surface area contributed by atoms with Gasteiger partial charge in [-0.15, -0.1) is 0 Å². The van der Waals surface area contributed by atoms with Crippen LogP contribution in [0.25, 0.3) is 0 Å². The zero-order chi connectivity index (χ0) is 14.8. The highest BCUT2D eigenvalue weighted by atomic mass is 16.5. The molecule has 3 N–H and O–H groups in total. The zero-order valence-corrected chi connectivity index (χ0v) is 11.5. The molecule has 0 bridgehead atoms. The van der Waals surface area contributed by atoms with Crippen LogP contribution in [-0.2, 0) is 0 Å². The van der Waals surface area contributed by atoms with E-state index < -0.39 is 5.97 Å². The number of carbonyl (C=O) groups is 1. The van der Waals surface area contributed by atoms with Crippen molar-refractivity contribution in [1.82, 2.24) is 0 Å². The number of para-hydroxylation sites is 2. The number of benzene rings is 2. The number of nitrogens with zero attached hydrogens (tertiary/aromatic N) is 1. The maximum absolute atomic E-state index is 11.0.